The van der Waals surface area contributed by atoms with Crippen molar-refractivity contribution in [3.63, 3.8) is 0 Å². The number of aromatic nitrogens is 1. The van der Waals surface area contributed by atoms with Crippen molar-refractivity contribution in [2.45, 2.75) is 39.1 Å². The second-order valence-electron chi connectivity index (χ2n) is 6.15. The Kier molecular flexibility index (Phi) is 3.76. The van der Waals surface area contributed by atoms with Crippen LogP contribution in [0.5, 0.6) is 0 Å². The molecule has 2 heterocycles. The van der Waals surface area contributed by atoms with E-state index in [0.717, 1.165) is 0 Å². The number of aliphatic hydroxyl groups is 1. The molecule has 0 fully saturated rings. The molecule has 1 aromatic rings. The summed E-state index contributed by atoms with van der Waals surface area (Å²) in [6, 6.07) is 2.88. The summed E-state index contributed by atoms with van der Waals surface area (Å²) in [7, 11) is 0. The molecule has 1 aliphatic rings. The molecule has 0 aliphatic carbocycles. The quantitative estimate of drug-likeness (QED) is 0.866. The van der Waals surface area contributed by atoms with Gasteiger partial charge in [-0.15, -0.1) is 0 Å². The number of halogens is 3. The van der Waals surface area contributed by atoms with Gasteiger partial charge >= 0.3 is 6.18 Å². The Labute approximate surface area is 125 Å². The number of pyridine rings is 1. The first-order chi connectivity index (χ1) is 9.97. The number of carbonyl (C=O) groups is 1. The van der Waals surface area contributed by atoms with E-state index in [1.165, 1.54) is 24.5 Å². The van der Waals surface area contributed by atoms with Crippen LogP contribution in [0.1, 0.15) is 37.6 Å². The van der Waals surface area contributed by atoms with Gasteiger partial charge in [-0.3, -0.25) is 9.78 Å². The lowest BCUT2D eigenvalue weighted by atomic mass is 9.80. The van der Waals surface area contributed by atoms with Crippen molar-refractivity contribution in [2.24, 2.45) is 10.5 Å². The minimum atomic E-state index is -4.71. The zero-order chi connectivity index (χ0) is 16.8. The van der Waals surface area contributed by atoms with Gasteiger partial charge in [-0.05, 0) is 12.1 Å². The summed E-state index contributed by atoms with van der Waals surface area (Å²) in [6.45, 7) is 4.64. The molecule has 1 atom stereocenters. The second kappa shape index (κ2) is 5.05. The van der Waals surface area contributed by atoms with Gasteiger partial charge in [-0.1, -0.05) is 20.8 Å². The van der Waals surface area contributed by atoms with E-state index >= 15 is 0 Å². The summed E-state index contributed by atoms with van der Waals surface area (Å²) in [5.41, 5.74) is -4.22. The van der Waals surface area contributed by atoms with Crippen LogP contribution in [0.15, 0.2) is 29.6 Å². The predicted octanol–water partition coefficient (Wildman–Crippen LogP) is 2.58. The number of hydrazone groups is 1. The van der Waals surface area contributed by atoms with Gasteiger partial charge in [-0.25, -0.2) is 0 Å². The molecule has 1 amide bonds. The summed E-state index contributed by atoms with van der Waals surface area (Å²) >= 11 is 0. The van der Waals surface area contributed by atoms with Crippen LogP contribution in [0.2, 0.25) is 0 Å². The van der Waals surface area contributed by atoms with E-state index in [2.05, 4.69) is 10.1 Å². The Morgan fingerprint density at radius 1 is 1.36 bits per heavy atom. The summed E-state index contributed by atoms with van der Waals surface area (Å²) in [5, 5.41) is 14.6. The standard InChI is InChI=1S/C14H16F3N3O2/c1-12(2,3)13(22)7-10(14(15,16)17)19-20(13)11(21)9-5-4-6-18-8-9/h4-6,8,22H,7H2,1-3H3/t13-/m0/s1. The third-order valence-electron chi connectivity index (χ3n) is 3.61. The van der Waals surface area contributed by atoms with E-state index in [9.17, 15) is 23.1 Å². The van der Waals surface area contributed by atoms with Crippen molar-refractivity contribution in [3.05, 3.63) is 30.1 Å². The fraction of sp³-hybridized carbons (Fsp3) is 0.500. The largest absolute Gasteiger partial charge is 0.431 e. The molecule has 1 aliphatic heterocycles. The molecule has 22 heavy (non-hydrogen) atoms. The predicted molar refractivity (Wildman–Crippen MR) is 72.9 cm³/mol. The van der Waals surface area contributed by atoms with Crippen molar-refractivity contribution < 1.29 is 23.1 Å². The highest BCUT2D eigenvalue weighted by Crippen LogP contribution is 2.43. The third-order valence-corrected chi connectivity index (χ3v) is 3.61. The smallest absolute Gasteiger partial charge is 0.368 e. The van der Waals surface area contributed by atoms with Crippen molar-refractivity contribution in [1.29, 1.82) is 0 Å². The fourth-order valence-electron chi connectivity index (χ4n) is 2.11. The molecule has 8 heteroatoms. The first-order valence-electron chi connectivity index (χ1n) is 6.58. The first kappa shape index (κ1) is 16.4. The molecule has 0 radical (unpaired) electrons. The van der Waals surface area contributed by atoms with E-state index in [0.29, 0.717) is 5.01 Å². The first-order valence-corrected chi connectivity index (χ1v) is 6.58. The Hall–Kier alpha value is -1.96. The lowest BCUT2D eigenvalue weighted by Gasteiger charge is -2.41. The van der Waals surface area contributed by atoms with Crippen molar-refractivity contribution in [3.8, 4) is 0 Å². The van der Waals surface area contributed by atoms with E-state index < -0.39 is 35.4 Å². The maximum atomic E-state index is 12.9. The Morgan fingerprint density at radius 3 is 2.45 bits per heavy atom. The number of alkyl halides is 3. The third kappa shape index (κ3) is 2.70. The summed E-state index contributed by atoms with van der Waals surface area (Å²) in [4.78, 5) is 16.2. The number of hydrogen-bond acceptors (Lipinski definition) is 4. The highest BCUT2D eigenvalue weighted by atomic mass is 19.4. The molecule has 0 unspecified atom stereocenters. The molecule has 0 spiro atoms. The van der Waals surface area contributed by atoms with Gasteiger partial charge in [0.05, 0.1) is 5.56 Å². The van der Waals surface area contributed by atoms with Gasteiger partial charge in [0.2, 0.25) is 0 Å². The zero-order valence-electron chi connectivity index (χ0n) is 12.3. The van der Waals surface area contributed by atoms with E-state index in [4.69, 9.17) is 0 Å². The van der Waals surface area contributed by atoms with Crippen molar-refractivity contribution >= 4 is 11.6 Å². The van der Waals surface area contributed by atoms with Crippen LogP contribution in [-0.2, 0) is 0 Å². The molecule has 1 aromatic heterocycles. The summed E-state index contributed by atoms with van der Waals surface area (Å²) < 4.78 is 38.8. The normalized spacial score (nSPS) is 22.7. The lowest BCUT2D eigenvalue weighted by molar-refractivity contribution is -0.144. The molecule has 5 nitrogen and oxygen atoms in total. The second-order valence-corrected chi connectivity index (χ2v) is 6.15. The molecule has 0 aromatic carbocycles. The van der Waals surface area contributed by atoms with Gasteiger partial charge in [0, 0.05) is 24.2 Å². The summed E-state index contributed by atoms with van der Waals surface area (Å²) in [6.07, 6.45) is -2.83. The molecule has 1 N–H and O–H groups in total. The highest BCUT2D eigenvalue weighted by Gasteiger charge is 2.57. The number of hydrogen-bond donors (Lipinski definition) is 1. The average molecular weight is 315 g/mol. The highest BCUT2D eigenvalue weighted by molar-refractivity contribution is 5.99. The molecule has 2 rings (SSSR count). The molecule has 0 bridgehead atoms. The van der Waals surface area contributed by atoms with Crippen LogP contribution in [0.25, 0.3) is 0 Å². The average Bonchev–Trinajstić information content (AvgIpc) is 2.78. The van der Waals surface area contributed by atoms with Crippen LogP contribution >= 0.6 is 0 Å². The van der Waals surface area contributed by atoms with E-state index in [1.807, 2.05) is 0 Å². The van der Waals surface area contributed by atoms with Gasteiger partial charge in [0.1, 0.15) is 5.71 Å². The minimum absolute atomic E-state index is 0.0531. The van der Waals surface area contributed by atoms with E-state index in [-0.39, 0.29) is 5.56 Å². The van der Waals surface area contributed by atoms with Crippen LogP contribution in [-0.4, -0.2) is 38.6 Å². The van der Waals surface area contributed by atoms with Gasteiger partial charge in [0.25, 0.3) is 5.91 Å². The van der Waals surface area contributed by atoms with Gasteiger partial charge < -0.3 is 5.11 Å². The number of carbonyl (C=O) groups excluding carboxylic acids is 1. The number of nitrogens with zero attached hydrogens (tertiary/aromatic N) is 3. The Morgan fingerprint density at radius 2 is 2.00 bits per heavy atom. The zero-order valence-corrected chi connectivity index (χ0v) is 12.3. The maximum absolute atomic E-state index is 12.9. The molecule has 120 valence electrons. The van der Waals surface area contributed by atoms with Crippen LogP contribution < -0.4 is 0 Å². The van der Waals surface area contributed by atoms with Crippen LogP contribution in [0, 0.1) is 5.41 Å². The van der Waals surface area contributed by atoms with Crippen molar-refractivity contribution in [1.82, 2.24) is 9.99 Å². The molecule has 0 saturated heterocycles. The Balaban J connectivity index is 2.48. The molecular formula is C14H16F3N3O2. The molecular weight excluding hydrogens is 299 g/mol. The van der Waals surface area contributed by atoms with Crippen molar-refractivity contribution in [2.75, 3.05) is 0 Å². The van der Waals surface area contributed by atoms with Gasteiger partial charge in [-0.2, -0.15) is 23.3 Å². The number of amides is 1. The topological polar surface area (TPSA) is 65.8 Å². The van der Waals surface area contributed by atoms with E-state index in [1.54, 1.807) is 20.8 Å². The Bertz CT molecular complexity index is 608. The fourth-order valence-corrected chi connectivity index (χ4v) is 2.11. The van der Waals surface area contributed by atoms with Crippen LogP contribution in [0.3, 0.4) is 0 Å². The summed E-state index contributed by atoms with van der Waals surface area (Å²) in [5.74, 6) is -0.829. The maximum Gasteiger partial charge on any atom is 0.431 e. The van der Waals surface area contributed by atoms with Crippen LogP contribution in [0.4, 0.5) is 13.2 Å². The lowest BCUT2D eigenvalue weighted by Crippen LogP contribution is -2.55. The monoisotopic (exact) mass is 315 g/mol. The number of rotatable bonds is 1. The SMILES string of the molecule is CC(C)(C)[C@@]1(O)CC(C(F)(F)F)=NN1C(=O)c1cccnc1. The minimum Gasteiger partial charge on any atom is -0.368 e. The molecule has 0 saturated carbocycles. The van der Waals surface area contributed by atoms with Gasteiger partial charge in [0.15, 0.2) is 5.72 Å².